The van der Waals surface area contributed by atoms with Gasteiger partial charge in [-0.3, -0.25) is 4.79 Å². The Morgan fingerprint density at radius 1 is 1.18 bits per heavy atom. The summed E-state index contributed by atoms with van der Waals surface area (Å²) in [6.45, 7) is 6.34. The van der Waals surface area contributed by atoms with E-state index in [4.69, 9.17) is 27.9 Å². The van der Waals surface area contributed by atoms with Crippen molar-refractivity contribution in [2.75, 3.05) is 6.61 Å². The first-order chi connectivity index (χ1) is 13.3. The molecule has 0 spiro atoms. The zero-order valence-electron chi connectivity index (χ0n) is 15.4. The van der Waals surface area contributed by atoms with Crippen LogP contribution in [-0.4, -0.2) is 17.7 Å². The van der Waals surface area contributed by atoms with Crippen LogP contribution in [0, 0.1) is 13.8 Å². The molecule has 0 radical (unpaired) electrons. The lowest BCUT2D eigenvalue weighted by atomic mass is 10.1. The standard InChI is InChI=1S/C20H17BrCl2N2O2S/c1-4-27-18-14(22)7-12(8-15(18)23)9-16-19(26)25-20(28-16)24-13-5-10(2)17(21)11(3)6-13/h5-9H,4H2,1-3H3,(H,24,25,26)/b16-9-. The maximum Gasteiger partial charge on any atom is 0.264 e. The molecule has 1 N–H and O–H groups in total. The van der Waals surface area contributed by atoms with E-state index in [0.717, 1.165) is 21.3 Å². The molecule has 0 bridgehead atoms. The van der Waals surface area contributed by atoms with E-state index in [-0.39, 0.29) is 5.91 Å². The highest BCUT2D eigenvalue weighted by Crippen LogP contribution is 2.36. The smallest absolute Gasteiger partial charge is 0.264 e. The summed E-state index contributed by atoms with van der Waals surface area (Å²) in [5, 5.41) is 4.12. The zero-order chi connectivity index (χ0) is 20.4. The zero-order valence-corrected chi connectivity index (χ0v) is 19.3. The van der Waals surface area contributed by atoms with Gasteiger partial charge in [0.2, 0.25) is 0 Å². The van der Waals surface area contributed by atoms with E-state index < -0.39 is 0 Å². The Bertz CT molecular complexity index is 975. The summed E-state index contributed by atoms with van der Waals surface area (Å²) < 4.78 is 6.49. The number of halogens is 3. The molecule has 28 heavy (non-hydrogen) atoms. The van der Waals surface area contributed by atoms with Crippen molar-refractivity contribution in [3.05, 3.63) is 60.4 Å². The highest BCUT2D eigenvalue weighted by Gasteiger charge is 2.24. The van der Waals surface area contributed by atoms with Crippen molar-refractivity contribution in [1.29, 1.82) is 0 Å². The summed E-state index contributed by atoms with van der Waals surface area (Å²) in [6.07, 6.45) is 1.73. The molecule has 3 rings (SSSR count). The second kappa shape index (κ2) is 8.91. The van der Waals surface area contributed by atoms with Gasteiger partial charge < -0.3 is 10.1 Å². The van der Waals surface area contributed by atoms with Gasteiger partial charge in [-0.15, -0.1) is 0 Å². The number of rotatable bonds is 4. The van der Waals surface area contributed by atoms with Crippen molar-refractivity contribution in [1.82, 2.24) is 5.32 Å². The lowest BCUT2D eigenvalue weighted by Crippen LogP contribution is -2.19. The third-order valence-corrected chi connectivity index (χ3v) is 6.63. The van der Waals surface area contributed by atoms with Crippen LogP contribution < -0.4 is 10.1 Å². The topological polar surface area (TPSA) is 50.7 Å². The molecular weight excluding hydrogens is 483 g/mol. The van der Waals surface area contributed by atoms with Crippen LogP contribution >= 0.6 is 50.9 Å². The highest BCUT2D eigenvalue weighted by molar-refractivity contribution is 9.10. The molecule has 8 heteroatoms. The predicted molar refractivity (Wildman–Crippen MR) is 122 cm³/mol. The fraction of sp³-hybridized carbons (Fsp3) is 0.200. The number of hydrogen-bond acceptors (Lipinski definition) is 4. The van der Waals surface area contributed by atoms with Crippen molar-refractivity contribution in [2.45, 2.75) is 20.8 Å². The summed E-state index contributed by atoms with van der Waals surface area (Å²) >= 11 is 17.3. The van der Waals surface area contributed by atoms with Crippen LogP contribution in [0.5, 0.6) is 5.75 Å². The van der Waals surface area contributed by atoms with Crippen molar-refractivity contribution in [2.24, 2.45) is 4.99 Å². The highest BCUT2D eigenvalue weighted by atomic mass is 79.9. The minimum Gasteiger partial charge on any atom is -0.491 e. The first-order valence-electron chi connectivity index (χ1n) is 8.46. The number of nitrogens with one attached hydrogen (secondary N) is 1. The summed E-state index contributed by atoms with van der Waals surface area (Å²) in [4.78, 5) is 17.4. The number of aliphatic imine (C=N–C) groups is 1. The number of amidine groups is 1. The molecular formula is C20H17BrCl2N2O2S. The molecule has 2 aromatic rings. The molecule has 0 aromatic heterocycles. The Labute approximate surface area is 186 Å². The van der Waals surface area contributed by atoms with Crippen LogP contribution in [-0.2, 0) is 4.79 Å². The Morgan fingerprint density at radius 3 is 2.36 bits per heavy atom. The quantitative estimate of drug-likeness (QED) is 0.478. The van der Waals surface area contributed by atoms with Gasteiger partial charge >= 0.3 is 0 Å². The number of hydrogen-bond donors (Lipinski definition) is 1. The average Bonchev–Trinajstić information content (AvgIpc) is 2.95. The van der Waals surface area contributed by atoms with E-state index in [1.54, 1.807) is 18.2 Å². The number of ether oxygens (including phenoxy) is 1. The number of carbonyl (C=O) groups excluding carboxylic acids is 1. The van der Waals surface area contributed by atoms with Gasteiger partial charge in [-0.25, -0.2) is 4.99 Å². The third-order valence-electron chi connectivity index (χ3n) is 3.91. The second-order valence-electron chi connectivity index (χ2n) is 6.12. The minimum atomic E-state index is -0.213. The predicted octanol–water partition coefficient (Wildman–Crippen LogP) is 6.66. The summed E-state index contributed by atoms with van der Waals surface area (Å²) in [5.74, 6) is 0.232. The van der Waals surface area contributed by atoms with Crippen molar-refractivity contribution in [3.63, 3.8) is 0 Å². The van der Waals surface area contributed by atoms with E-state index in [1.165, 1.54) is 11.8 Å². The molecule has 0 saturated carbocycles. The fourth-order valence-electron chi connectivity index (χ4n) is 2.68. The fourth-order valence-corrected chi connectivity index (χ4v) is 4.37. The van der Waals surface area contributed by atoms with Gasteiger partial charge in [-0.2, -0.15) is 0 Å². The Morgan fingerprint density at radius 2 is 1.79 bits per heavy atom. The molecule has 0 unspecified atom stereocenters. The summed E-state index contributed by atoms with van der Waals surface area (Å²) in [7, 11) is 0. The average molecular weight is 500 g/mol. The molecule has 1 aliphatic rings. The monoisotopic (exact) mass is 498 g/mol. The van der Waals surface area contributed by atoms with E-state index in [2.05, 4.69) is 26.2 Å². The van der Waals surface area contributed by atoms with Crippen LogP contribution in [0.25, 0.3) is 6.08 Å². The largest absolute Gasteiger partial charge is 0.491 e. The second-order valence-corrected chi connectivity index (χ2v) is 8.76. The van der Waals surface area contributed by atoms with Gasteiger partial charge in [-0.1, -0.05) is 39.1 Å². The maximum absolute atomic E-state index is 12.3. The molecule has 4 nitrogen and oxygen atoms in total. The molecule has 0 atom stereocenters. The van der Waals surface area contributed by atoms with Gasteiger partial charge in [0.1, 0.15) is 0 Å². The van der Waals surface area contributed by atoms with Crippen molar-refractivity contribution < 1.29 is 9.53 Å². The van der Waals surface area contributed by atoms with Gasteiger partial charge in [-0.05, 0) is 79.6 Å². The molecule has 1 heterocycles. The van der Waals surface area contributed by atoms with E-state index in [1.807, 2.05) is 32.9 Å². The number of carbonyl (C=O) groups is 1. The normalized spacial score (nSPS) is 16.7. The maximum atomic E-state index is 12.3. The summed E-state index contributed by atoms with van der Waals surface area (Å²) in [6, 6.07) is 7.36. The third kappa shape index (κ3) is 4.74. The van der Waals surface area contributed by atoms with Crippen molar-refractivity contribution in [3.8, 4) is 5.75 Å². The number of benzene rings is 2. The number of nitrogens with zero attached hydrogens (tertiary/aromatic N) is 1. The molecule has 1 saturated heterocycles. The minimum absolute atomic E-state index is 0.213. The van der Waals surface area contributed by atoms with E-state index >= 15 is 0 Å². The van der Waals surface area contributed by atoms with Crippen LogP contribution in [0.15, 0.2) is 38.6 Å². The van der Waals surface area contributed by atoms with Crippen molar-refractivity contribution >= 4 is 73.7 Å². The van der Waals surface area contributed by atoms with E-state index in [9.17, 15) is 4.79 Å². The molecule has 0 aliphatic carbocycles. The number of aryl methyl sites for hydroxylation is 2. The number of amides is 1. The van der Waals surface area contributed by atoms with Crippen LogP contribution in [0.2, 0.25) is 10.0 Å². The van der Waals surface area contributed by atoms with Crippen LogP contribution in [0.4, 0.5) is 5.69 Å². The first kappa shape index (κ1) is 21.2. The summed E-state index contributed by atoms with van der Waals surface area (Å²) in [5.41, 5.74) is 3.67. The molecule has 146 valence electrons. The Balaban J connectivity index is 1.87. The van der Waals surface area contributed by atoms with Crippen LogP contribution in [0.1, 0.15) is 23.6 Å². The van der Waals surface area contributed by atoms with Crippen LogP contribution in [0.3, 0.4) is 0 Å². The molecule has 1 fully saturated rings. The van der Waals surface area contributed by atoms with Gasteiger partial charge in [0, 0.05) is 4.47 Å². The first-order valence-corrected chi connectivity index (χ1v) is 10.8. The molecule has 1 aliphatic heterocycles. The SMILES string of the molecule is CCOc1c(Cl)cc(/C=C2\SC(=Nc3cc(C)c(Br)c(C)c3)NC2=O)cc1Cl. The Hall–Kier alpha value is -1.47. The van der Waals surface area contributed by atoms with E-state index in [0.29, 0.717) is 38.0 Å². The molecule has 1 amide bonds. The van der Waals surface area contributed by atoms with Gasteiger partial charge in [0.25, 0.3) is 5.91 Å². The van der Waals surface area contributed by atoms with Gasteiger partial charge in [0.15, 0.2) is 10.9 Å². The Kier molecular flexibility index (Phi) is 6.76. The molecule has 2 aromatic carbocycles. The lowest BCUT2D eigenvalue weighted by Gasteiger charge is -2.08. The number of thioether (sulfide) groups is 1. The van der Waals surface area contributed by atoms with Gasteiger partial charge in [0.05, 0.1) is 27.2 Å². The lowest BCUT2D eigenvalue weighted by molar-refractivity contribution is -0.115.